The van der Waals surface area contributed by atoms with Crippen molar-refractivity contribution >= 4 is 9.84 Å². The molecule has 6 aromatic carbocycles. The average Bonchev–Trinajstić information content (AvgIpc) is 3.34. The van der Waals surface area contributed by atoms with E-state index in [-0.39, 0.29) is 20.3 Å². The van der Waals surface area contributed by atoms with Crippen LogP contribution in [0.2, 0.25) is 0 Å². The van der Waals surface area contributed by atoms with E-state index in [0.29, 0.717) is 9.79 Å². The van der Waals surface area contributed by atoms with Gasteiger partial charge in [-0.2, -0.15) is 0 Å². The molecule has 234 valence electrons. The molecule has 0 unspecified atom stereocenters. The molecular weight excluding hydrogens is 581 g/mol. The van der Waals surface area contributed by atoms with Gasteiger partial charge in [0.25, 0.3) is 0 Å². The van der Waals surface area contributed by atoms with E-state index in [0.717, 1.165) is 11.1 Å². The van der Waals surface area contributed by atoms with Crippen LogP contribution in [0.5, 0.6) is 0 Å². The molecule has 0 atom stereocenters. The Bertz CT molecular complexity index is 1880. The van der Waals surface area contributed by atoms with E-state index in [1.54, 1.807) is 48.5 Å². The van der Waals surface area contributed by atoms with Crippen LogP contribution in [0.1, 0.15) is 59.4 Å². The zero-order chi connectivity index (χ0) is 30.9. The maximum absolute atomic E-state index is 12.3. The zero-order valence-electron chi connectivity index (χ0n) is 25.6. The van der Waals surface area contributed by atoms with Crippen molar-refractivity contribution in [3.8, 4) is 11.1 Å². The van der Waals surface area contributed by atoms with Gasteiger partial charge in [0.2, 0.25) is 9.84 Å². The average molecular weight is 625 g/mol. The van der Waals surface area contributed by atoms with Crippen LogP contribution >= 0.6 is 0 Å². The number of benzene rings is 6. The molecule has 46 heavy (non-hydrogen) atoms. The quantitative estimate of drug-likeness (QED) is 0.195. The minimum atomic E-state index is -3.37. The van der Waals surface area contributed by atoms with Gasteiger partial charge in [0.1, 0.15) is 0 Å². The highest BCUT2D eigenvalue weighted by atomic mass is 32.2. The number of aryl methyl sites for hydroxylation is 4. The first-order chi connectivity index (χ1) is 21.2. The summed E-state index contributed by atoms with van der Waals surface area (Å²) in [6.45, 7) is 8.17. The van der Waals surface area contributed by atoms with E-state index in [1.165, 1.54) is 44.5 Å². The third-order valence-corrected chi connectivity index (χ3v) is 10.4. The second-order valence-corrected chi connectivity index (χ2v) is 13.7. The van der Waals surface area contributed by atoms with Crippen LogP contribution in [0.15, 0.2) is 155 Å². The number of hydrogen-bond acceptors (Lipinski definition) is 2. The van der Waals surface area contributed by atoms with Crippen LogP contribution in [0.4, 0.5) is 0 Å². The Labute approximate surface area is 276 Å². The van der Waals surface area contributed by atoms with Gasteiger partial charge in [0.05, 0.1) is 15.2 Å². The predicted octanol–water partition coefficient (Wildman–Crippen LogP) is 11.1. The molecule has 0 heterocycles. The summed E-state index contributed by atoms with van der Waals surface area (Å²) in [5.74, 6) is 0. The van der Waals surface area contributed by atoms with Crippen LogP contribution in [0.25, 0.3) is 11.1 Å². The van der Waals surface area contributed by atoms with E-state index in [9.17, 15) is 8.42 Å². The van der Waals surface area contributed by atoms with Crippen LogP contribution in [-0.4, -0.2) is 8.42 Å². The molecule has 2 nitrogen and oxygen atoms in total. The van der Waals surface area contributed by atoms with Crippen molar-refractivity contribution in [2.24, 2.45) is 0 Å². The lowest BCUT2D eigenvalue weighted by Crippen LogP contribution is -2.28. The fourth-order valence-electron chi connectivity index (χ4n) is 6.20. The third-order valence-electron chi connectivity index (χ3n) is 8.58. The maximum Gasteiger partial charge on any atom is 0.206 e. The van der Waals surface area contributed by atoms with Crippen molar-refractivity contribution in [3.63, 3.8) is 0 Å². The molecule has 7 rings (SSSR count). The molecule has 0 N–H and O–H groups in total. The summed E-state index contributed by atoms with van der Waals surface area (Å²) in [6.07, 6.45) is 0. The number of fused-ring (bicyclic) bond motifs is 3. The largest absolute Gasteiger partial charge is 0.219 e. The molecule has 0 saturated carbocycles. The van der Waals surface area contributed by atoms with Crippen LogP contribution in [0, 0.1) is 27.7 Å². The molecule has 6 aromatic rings. The molecule has 1 aliphatic carbocycles. The number of rotatable bonds is 4. The highest BCUT2D eigenvalue weighted by Crippen LogP contribution is 2.55. The lowest BCUT2D eigenvalue weighted by Gasteiger charge is -2.34. The molecule has 0 spiro atoms. The Hall–Kier alpha value is -4.73. The molecule has 1 aliphatic rings. The molecule has 0 bridgehead atoms. The summed E-state index contributed by atoms with van der Waals surface area (Å²) < 4.78 is 24.5. The van der Waals surface area contributed by atoms with Crippen LogP contribution < -0.4 is 0 Å². The Balaban J connectivity index is 0.000000221. The van der Waals surface area contributed by atoms with Gasteiger partial charge in [0.15, 0.2) is 0 Å². The number of hydrogen-bond donors (Lipinski definition) is 0. The highest BCUT2D eigenvalue weighted by molar-refractivity contribution is 7.91. The predicted molar refractivity (Wildman–Crippen MR) is 194 cm³/mol. The summed E-state index contributed by atoms with van der Waals surface area (Å²) in [5.41, 5.74) is 12.5. The van der Waals surface area contributed by atoms with Crippen LogP contribution in [0.3, 0.4) is 0 Å². The molecular formula is C43H44O2S. The summed E-state index contributed by atoms with van der Waals surface area (Å²) in [5, 5.41) is 0. The van der Waals surface area contributed by atoms with Gasteiger partial charge in [0, 0.05) is 0 Å². The summed E-state index contributed by atoms with van der Waals surface area (Å²) in [7, 11) is -3.37. The zero-order valence-corrected chi connectivity index (χ0v) is 26.4. The summed E-state index contributed by atoms with van der Waals surface area (Å²) >= 11 is 0. The monoisotopic (exact) mass is 624 g/mol. The third kappa shape index (κ3) is 6.08. The smallest absolute Gasteiger partial charge is 0.206 e. The standard InChI is InChI=1S/C27H22.C14H14O2S.2CH4/c1-19-11-15-21(16-12-19)27(22-17-13-20(2)14-18-22)25-9-5-3-7-23(25)24-8-4-6-10-26(24)27;1-11-3-7-13(8-4-11)17(15,16)14-9-5-12(2)6-10-14;;/h3-18H,1-2H3;3-10H,1-2H3;2*1H4. The molecule has 0 saturated heterocycles. The highest BCUT2D eigenvalue weighted by Gasteiger charge is 2.45. The maximum atomic E-state index is 12.3. The van der Waals surface area contributed by atoms with E-state index in [1.807, 2.05) is 13.8 Å². The molecule has 0 amide bonds. The first-order valence-electron chi connectivity index (χ1n) is 14.9. The molecule has 0 aliphatic heterocycles. The summed E-state index contributed by atoms with van der Waals surface area (Å²) in [4.78, 5) is 0.680. The molecule has 0 fully saturated rings. The number of sulfone groups is 1. The Morgan fingerprint density at radius 1 is 0.391 bits per heavy atom. The van der Waals surface area contributed by atoms with Crippen molar-refractivity contribution in [3.05, 3.63) is 190 Å². The van der Waals surface area contributed by atoms with Crippen LogP contribution in [-0.2, 0) is 15.3 Å². The molecule has 0 radical (unpaired) electrons. The van der Waals surface area contributed by atoms with Gasteiger partial charge < -0.3 is 0 Å². The van der Waals surface area contributed by atoms with E-state index in [2.05, 4.69) is 111 Å². The van der Waals surface area contributed by atoms with Gasteiger partial charge in [-0.1, -0.05) is 158 Å². The Kier molecular flexibility index (Phi) is 10.2. The van der Waals surface area contributed by atoms with Gasteiger partial charge in [-0.3, -0.25) is 0 Å². The van der Waals surface area contributed by atoms with Crippen molar-refractivity contribution in [1.82, 2.24) is 0 Å². The van der Waals surface area contributed by atoms with E-state index in [4.69, 9.17) is 0 Å². The topological polar surface area (TPSA) is 34.1 Å². The minimum Gasteiger partial charge on any atom is -0.219 e. The van der Waals surface area contributed by atoms with Crippen molar-refractivity contribution < 1.29 is 8.42 Å². The van der Waals surface area contributed by atoms with Crippen molar-refractivity contribution in [2.75, 3.05) is 0 Å². The second-order valence-electron chi connectivity index (χ2n) is 11.7. The lowest BCUT2D eigenvalue weighted by molar-refractivity contribution is 0.596. The molecule has 3 heteroatoms. The first kappa shape index (κ1) is 34.1. The van der Waals surface area contributed by atoms with E-state index < -0.39 is 9.84 Å². The van der Waals surface area contributed by atoms with Gasteiger partial charge in [-0.05, 0) is 85.3 Å². The summed E-state index contributed by atoms with van der Waals surface area (Å²) in [6, 6.07) is 49.7. The van der Waals surface area contributed by atoms with Crippen molar-refractivity contribution in [1.29, 1.82) is 0 Å². The lowest BCUT2D eigenvalue weighted by atomic mass is 9.67. The van der Waals surface area contributed by atoms with Gasteiger partial charge in [-0.25, -0.2) is 8.42 Å². The fourth-order valence-corrected chi connectivity index (χ4v) is 7.46. The fraction of sp³-hybridized carbons (Fsp3) is 0.163. The SMILES string of the molecule is C.C.Cc1ccc(C2(c3ccc(C)cc3)c3ccccc3-c3ccccc32)cc1.Cc1ccc(S(=O)(=O)c2ccc(C)cc2)cc1. The Morgan fingerprint density at radius 2 is 0.674 bits per heavy atom. The van der Waals surface area contributed by atoms with Gasteiger partial charge >= 0.3 is 0 Å². The van der Waals surface area contributed by atoms with E-state index >= 15 is 0 Å². The Morgan fingerprint density at radius 3 is 1.00 bits per heavy atom. The molecule has 0 aromatic heterocycles. The van der Waals surface area contributed by atoms with Crippen molar-refractivity contribution in [2.45, 2.75) is 57.8 Å². The normalized spacial score (nSPS) is 12.3. The first-order valence-corrected chi connectivity index (χ1v) is 16.4. The second kappa shape index (κ2) is 13.7. The van der Waals surface area contributed by atoms with Gasteiger partial charge in [-0.15, -0.1) is 0 Å². The minimum absolute atomic E-state index is 0.